The lowest BCUT2D eigenvalue weighted by atomic mass is 10.1. The molecule has 8 heteroatoms. The number of halogens is 1. The number of para-hydroxylation sites is 1. The Hall–Kier alpha value is -2.03. The summed E-state index contributed by atoms with van der Waals surface area (Å²) in [6.45, 7) is 1.40. The molecule has 1 aliphatic heterocycles. The Morgan fingerprint density at radius 3 is 2.79 bits per heavy atom. The van der Waals surface area contributed by atoms with E-state index in [0.29, 0.717) is 40.9 Å². The van der Waals surface area contributed by atoms with E-state index in [-0.39, 0.29) is 12.4 Å². The van der Waals surface area contributed by atoms with Gasteiger partial charge in [-0.1, -0.05) is 41.9 Å². The van der Waals surface area contributed by atoms with Crippen LogP contribution in [0.4, 0.5) is 11.5 Å². The van der Waals surface area contributed by atoms with Crippen molar-refractivity contribution in [3.63, 3.8) is 0 Å². The second-order valence-electron chi connectivity index (χ2n) is 6.71. The van der Waals surface area contributed by atoms with E-state index in [2.05, 4.69) is 5.32 Å². The highest BCUT2D eigenvalue weighted by Crippen LogP contribution is 2.51. The number of aliphatic hydroxyl groups is 1. The quantitative estimate of drug-likeness (QED) is 0.500. The van der Waals surface area contributed by atoms with Crippen LogP contribution in [0.2, 0.25) is 5.02 Å². The molecule has 4 rings (SSSR count). The van der Waals surface area contributed by atoms with Crippen molar-refractivity contribution in [2.75, 3.05) is 35.7 Å². The summed E-state index contributed by atoms with van der Waals surface area (Å²) in [5.41, 5.74) is 2.39. The number of aromatic nitrogens is 1. The summed E-state index contributed by atoms with van der Waals surface area (Å²) >= 11 is 6.40. The molecule has 0 saturated heterocycles. The molecule has 1 aromatic heterocycles. The summed E-state index contributed by atoms with van der Waals surface area (Å²) in [7, 11) is -2.84. The van der Waals surface area contributed by atoms with Gasteiger partial charge < -0.3 is 15.3 Å². The van der Waals surface area contributed by atoms with Crippen LogP contribution < -0.4 is 10.2 Å². The van der Waals surface area contributed by atoms with Gasteiger partial charge in [-0.15, -0.1) is 0 Å². The number of anilines is 2. The number of fused-ring (bicyclic) bond motifs is 2. The normalized spacial score (nSPS) is 17.1. The number of pyridine rings is 1. The standard InChI is InChI=1S/C20H22ClN3O3S/c21-16-6-3-5-15-17(22-8-10-25)12-19(23-20(15)16)24-9-11-28(26,27)18-7-2-1-4-14(18)13-24/h1-7,12,25-27H,8-11,13H2,(H,22,23). The van der Waals surface area contributed by atoms with Gasteiger partial charge in [0.05, 0.1) is 27.8 Å². The molecule has 0 spiro atoms. The van der Waals surface area contributed by atoms with Crippen LogP contribution in [-0.4, -0.2) is 44.6 Å². The molecular weight excluding hydrogens is 398 g/mol. The SMILES string of the molecule is OCCNc1cc(N2CCS(O)(O)c3ccccc3C2)nc2c(Cl)cccc12. The van der Waals surface area contributed by atoms with Crippen molar-refractivity contribution in [1.82, 2.24) is 4.98 Å². The van der Waals surface area contributed by atoms with Crippen LogP contribution in [0.25, 0.3) is 10.9 Å². The largest absolute Gasteiger partial charge is 0.395 e. The first-order chi connectivity index (χ1) is 13.5. The average molecular weight is 420 g/mol. The fraction of sp³-hybridized carbons (Fsp3) is 0.250. The van der Waals surface area contributed by atoms with Crippen molar-refractivity contribution < 1.29 is 14.2 Å². The first-order valence-electron chi connectivity index (χ1n) is 9.02. The first-order valence-corrected chi connectivity index (χ1v) is 11.1. The maximum atomic E-state index is 10.6. The topological polar surface area (TPSA) is 88.9 Å². The second kappa shape index (κ2) is 7.77. The molecule has 0 saturated carbocycles. The number of hydrogen-bond donors (Lipinski definition) is 4. The van der Waals surface area contributed by atoms with Gasteiger partial charge in [-0.05, 0) is 17.7 Å². The van der Waals surface area contributed by atoms with E-state index in [1.165, 1.54) is 0 Å². The summed E-state index contributed by atoms with van der Waals surface area (Å²) in [6.07, 6.45) is 0. The van der Waals surface area contributed by atoms with Gasteiger partial charge in [-0.3, -0.25) is 9.11 Å². The molecular formula is C20H22ClN3O3S. The van der Waals surface area contributed by atoms with Crippen LogP contribution >= 0.6 is 22.2 Å². The molecule has 0 bridgehead atoms. The minimum atomic E-state index is -2.84. The van der Waals surface area contributed by atoms with Crippen molar-refractivity contribution in [1.29, 1.82) is 0 Å². The zero-order valence-corrected chi connectivity index (χ0v) is 16.7. The minimum absolute atomic E-state index is 0.0116. The maximum absolute atomic E-state index is 10.6. The van der Waals surface area contributed by atoms with Gasteiger partial charge in [0.15, 0.2) is 0 Å². The van der Waals surface area contributed by atoms with Crippen molar-refractivity contribution >= 4 is 44.6 Å². The highest BCUT2D eigenvalue weighted by molar-refractivity contribution is 8.24. The van der Waals surface area contributed by atoms with Crippen molar-refractivity contribution in [2.45, 2.75) is 11.4 Å². The predicted molar refractivity (Wildman–Crippen MR) is 116 cm³/mol. The second-order valence-corrected chi connectivity index (χ2v) is 9.30. The molecule has 0 fully saturated rings. The van der Waals surface area contributed by atoms with Gasteiger partial charge in [-0.2, -0.15) is 10.6 Å². The van der Waals surface area contributed by atoms with E-state index in [4.69, 9.17) is 16.6 Å². The van der Waals surface area contributed by atoms with Crippen LogP contribution in [0.3, 0.4) is 0 Å². The molecule has 6 nitrogen and oxygen atoms in total. The monoisotopic (exact) mass is 419 g/mol. The van der Waals surface area contributed by atoms with E-state index >= 15 is 0 Å². The average Bonchev–Trinajstić information content (AvgIpc) is 2.83. The Kier molecular flexibility index (Phi) is 5.35. The lowest BCUT2D eigenvalue weighted by molar-refractivity contribution is 0.311. The summed E-state index contributed by atoms with van der Waals surface area (Å²) in [5, 5.41) is 13.9. The lowest BCUT2D eigenvalue weighted by Gasteiger charge is -2.32. The Balaban J connectivity index is 1.80. The molecule has 148 valence electrons. The van der Waals surface area contributed by atoms with Crippen LogP contribution in [0.1, 0.15) is 5.56 Å². The van der Waals surface area contributed by atoms with E-state index in [1.54, 1.807) is 12.1 Å². The Morgan fingerprint density at radius 1 is 1.14 bits per heavy atom. The third-order valence-electron chi connectivity index (χ3n) is 4.86. The molecule has 2 aromatic carbocycles. The van der Waals surface area contributed by atoms with Gasteiger partial charge in [0.2, 0.25) is 0 Å². The molecule has 0 aliphatic carbocycles. The Bertz CT molecular complexity index is 1020. The third kappa shape index (κ3) is 3.64. The fourth-order valence-corrected chi connectivity index (χ4v) is 5.24. The minimum Gasteiger partial charge on any atom is -0.395 e. The van der Waals surface area contributed by atoms with Crippen LogP contribution in [0, 0.1) is 0 Å². The molecule has 0 atom stereocenters. The summed E-state index contributed by atoms with van der Waals surface area (Å²) in [4.78, 5) is 7.41. The van der Waals surface area contributed by atoms with Crippen molar-refractivity contribution in [3.8, 4) is 0 Å². The van der Waals surface area contributed by atoms with Crippen LogP contribution in [0.15, 0.2) is 53.4 Å². The molecule has 2 heterocycles. The molecule has 0 amide bonds. The number of hydrogen-bond acceptors (Lipinski definition) is 6. The molecule has 28 heavy (non-hydrogen) atoms. The van der Waals surface area contributed by atoms with Crippen molar-refractivity contribution in [3.05, 3.63) is 59.1 Å². The summed E-state index contributed by atoms with van der Waals surface area (Å²) in [6, 6.07) is 15.0. The molecule has 3 aromatic rings. The number of rotatable bonds is 4. The molecule has 1 aliphatic rings. The van der Waals surface area contributed by atoms with Crippen molar-refractivity contribution in [2.24, 2.45) is 0 Å². The smallest absolute Gasteiger partial charge is 0.131 e. The first kappa shape index (κ1) is 19.3. The number of nitrogens with one attached hydrogen (secondary N) is 1. The summed E-state index contributed by atoms with van der Waals surface area (Å²) in [5.74, 6) is 0.944. The molecule has 0 radical (unpaired) electrons. The molecule has 0 unspecified atom stereocenters. The number of aliphatic hydroxyl groups excluding tert-OH is 1. The highest BCUT2D eigenvalue weighted by Gasteiger charge is 2.26. The van der Waals surface area contributed by atoms with Gasteiger partial charge >= 0.3 is 0 Å². The molecule has 4 N–H and O–H groups in total. The van der Waals surface area contributed by atoms with Crippen LogP contribution in [-0.2, 0) is 6.54 Å². The summed E-state index contributed by atoms with van der Waals surface area (Å²) < 4.78 is 21.2. The fourth-order valence-electron chi connectivity index (χ4n) is 3.48. The number of nitrogens with zero attached hydrogens (tertiary/aromatic N) is 2. The van der Waals surface area contributed by atoms with E-state index in [1.807, 2.05) is 41.3 Å². The predicted octanol–water partition coefficient (Wildman–Crippen LogP) is 4.42. The zero-order chi connectivity index (χ0) is 19.7. The van der Waals surface area contributed by atoms with Gasteiger partial charge in [0.25, 0.3) is 0 Å². The lowest BCUT2D eigenvalue weighted by Crippen LogP contribution is -2.26. The van der Waals surface area contributed by atoms with E-state index in [0.717, 1.165) is 16.6 Å². The Labute approximate surface area is 170 Å². The van der Waals surface area contributed by atoms with Gasteiger partial charge in [-0.25, -0.2) is 4.98 Å². The Morgan fingerprint density at radius 2 is 1.96 bits per heavy atom. The van der Waals surface area contributed by atoms with Gasteiger partial charge in [0.1, 0.15) is 5.82 Å². The highest BCUT2D eigenvalue weighted by atomic mass is 35.5. The zero-order valence-electron chi connectivity index (χ0n) is 15.2. The van der Waals surface area contributed by atoms with Gasteiger partial charge in [0, 0.05) is 36.8 Å². The van der Waals surface area contributed by atoms with Crippen LogP contribution in [0.5, 0.6) is 0 Å². The van der Waals surface area contributed by atoms with E-state index < -0.39 is 10.6 Å². The number of benzene rings is 2. The third-order valence-corrected chi connectivity index (χ3v) is 7.02. The van der Waals surface area contributed by atoms with E-state index in [9.17, 15) is 14.2 Å². The maximum Gasteiger partial charge on any atom is 0.131 e.